The Hall–Kier alpha value is -3.64. The van der Waals surface area contributed by atoms with Crippen LogP contribution in [0, 0.1) is 10.1 Å². The molecule has 36 heavy (non-hydrogen) atoms. The molecule has 2 aliphatic rings. The van der Waals surface area contributed by atoms with Gasteiger partial charge in [0.15, 0.2) is 5.17 Å². The number of carbonyl (C=O) groups is 2. The summed E-state index contributed by atoms with van der Waals surface area (Å²) in [7, 11) is 2.97. The lowest BCUT2D eigenvalue weighted by atomic mass is 10.2. The second-order valence-electron chi connectivity index (χ2n) is 8.18. The molecule has 2 fully saturated rings. The van der Waals surface area contributed by atoms with Crippen molar-refractivity contribution in [3.63, 3.8) is 0 Å². The zero-order valence-corrected chi connectivity index (χ0v) is 20.7. The van der Waals surface area contributed by atoms with Crippen LogP contribution < -0.4 is 14.8 Å². The van der Waals surface area contributed by atoms with Crippen molar-refractivity contribution in [2.45, 2.75) is 30.6 Å². The van der Waals surface area contributed by atoms with Crippen LogP contribution in [0.5, 0.6) is 11.5 Å². The number of nitro groups is 1. The molecule has 0 spiro atoms. The van der Waals surface area contributed by atoms with Gasteiger partial charge in [-0.15, -0.1) is 0 Å². The number of nitrogens with zero attached hydrogens (tertiary/aromatic N) is 3. The van der Waals surface area contributed by atoms with E-state index in [9.17, 15) is 19.7 Å². The summed E-state index contributed by atoms with van der Waals surface area (Å²) in [6, 6.07) is 11.3. The Bertz CT molecular complexity index is 1170. The lowest BCUT2D eigenvalue weighted by Crippen LogP contribution is -2.38. The maximum Gasteiger partial charge on any atom is 0.296 e. The predicted molar refractivity (Wildman–Crippen MR) is 135 cm³/mol. The molecule has 0 unspecified atom stereocenters. The fraction of sp³-hybridized carbons (Fsp3) is 0.375. The molecule has 2 aromatic carbocycles. The van der Waals surface area contributed by atoms with Crippen molar-refractivity contribution in [3.05, 3.63) is 52.6 Å². The number of rotatable bonds is 9. The third-order valence-electron chi connectivity index (χ3n) is 5.77. The first-order chi connectivity index (χ1) is 17.4. The monoisotopic (exact) mass is 514 g/mol. The summed E-state index contributed by atoms with van der Waals surface area (Å²) >= 11 is 1.20. The number of amidine groups is 1. The number of hydrogen-bond donors (Lipinski definition) is 1. The highest BCUT2D eigenvalue weighted by Gasteiger charge is 2.40. The second-order valence-corrected chi connectivity index (χ2v) is 9.35. The number of benzene rings is 2. The van der Waals surface area contributed by atoms with E-state index in [2.05, 4.69) is 10.3 Å². The van der Waals surface area contributed by atoms with Crippen LogP contribution >= 0.6 is 11.8 Å². The van der Waals surface area contributed by atoms with E-state index in [0.29, 0.717) is 35.5 Å². The highest BCUT2D eigenvalue weighted by Crippen LogP contribution is 2.34. The first-order valence-electron chi connectivity index (χ1n) is 11.3. The molecule has 2 atom stereocenters. The molecule has 11 nitrogen and oxygen atoms in total. The molecule has 4 rings (SSSR count). The molecular weight excluding hydrogens is 488 g/mol. The Kier molecular flexibility index (Phi) is 8.06. The van der Waals surface area contributed by atoms with Crippen molar-refractivity contribution in [3.8, 4) is 11.5 Å². The Morgan fingerprint density at radius 1 is 1.22 bits per heavy atom. The summed E-state index contributed by atoms with van der Waals surface area (Å²) in [5.41, 5.74) is 0.377. The average Bonchev–Trinajstić information content (AvgIpc) is 3.49. The smallest absolute Gasteiger partial charge is 0.296 e. The van der Waals surface area contributed by atoms with Crippen LogP contribution in [-0.2, 0) is 14.3 Å². The van der Waals surface area contributed by atoms with E-state index in [0.717, 1.165) is 12.8 Å². The zero-order chi connectivity index (χ0) is 25.7. The average molecular weight is 515 g/mol. The number of methoxy groups -OCH3 is 2. The van der Waals surface area contributed by atoms with Crippen molar-refractivity contribution >= 4 is 45.8 Å². The van der Waals surface area contributed by atoms with Crippen molar-refractivity contribution in [2.75, 3.05) is 32.7 Å². The lowest BCUT2D eigenvalue weighted by molar-refractivity contribution is -0.384. The van der Waals surface area contributed by atoms with Gasteiger partial charge in [0.05, 0.1) is 43.5 Å². The van der Waals surface area contributed by atoms with E-state index in [1.165, 1.54) is 37.1 Å². The number of hydrogen-bond acceptors (Lipinski definition) is 9. The number of thioether (sulfide) groups is 1. The van der Waals surface area contributed by atoms with Crippen molar-refractivity contribution in [1.82, 2.24) is 4.90 Å². The minimum atomic E-state index is -0.722. The summed E-state index contributed by atoms with van der Waals surface area (Å²) < 4.78 is 15.9. The van der Waals surface area contributed by atoms with Crippen molar-refractivity contribution in [2.24, 2.45) is 4.99 Å². The number of nitrogens with one attached hydrogen (secondary N) is 1. The standard InChI is InChI=1S/C24H26N4O7S/c1-33-16-7-5-15(6-8-16)25-24-27(14-18-4-3-11-35-18)23(30)21(36-24)13-22(29)26-19-10-9-17(34-2)12-20(19)28(31)32/h5-10,12,18,21H,3-4,11,13-14H2,1-2H3,(H,26,29)/t18-,21+/m0/s1. The van der Waals surface area contributed by atoms with Gasteiger partial charge >= 0.3 is 0 Å². The zero-order valence-electron chi connectivity index (χ0n) is 19.8. The Morgan fingerprint density at radius 2 is 1.94 bits per heavy atom. The number of nitro benzene ring substituents is 1. The SMILES string of the molecule is COc1ccc(N=C2S[C@H](CC(=O)Nc3ccc(OC)cc3[N+](=O)[O-])C(=O)N2C[C@@H]2CCCO2)cc1. The van der Waals surface area contributed by atoms with Crippen LogP contribution in [-0.4, -0.2) is 65.5 Å². The van der Waals surface area contributed by atoms with Gasteiger partial charge in [0, 0.05) is 13.0 Å². The van der Waals surface area contributed by atoms with E-state index < -0.39 is 16.1 Å². The van der Waals surface area contributed by atoms with Gasteiger partial charge in [-0.2, -0.15) is 0 Å². The fourth-order valence-electron chi connectivity index (χ4n) is 3.92. The molecule has 2 aliphatic heterocycles. The molecule has 0 saturated carbocycles. The molecule has 190 valence electrons. The number of ether oxygens (including phenoxy) is 3. The third kappa shape index (κ3) is 5.94. The minimum absolute atomic E-state index is 0.0320. The molecule has 2 amide bonds. The van der Waals surface area contributed by atoms with Gasteiger partial charge in [-0.05, 0) is 49.2 Å². The topological polar surface area (TPSA) is 133 Å². The molecule has 2 heterocycles. The summed E-state index contributed by atoms with van der Waals surface area (Å²) in [4.78, 5) is 43.1. The summed E-state index contributed by atoms with van der Waals surface area (Å²) in [6.07, 6.45) is 1.51. The summed E-state index contributed by atoms with van der Waals surface area (Å²) in [5.74, 6) is 0.219. The van der Waals surface area contributed by atoms with Crippen LogP contribution in [0.1, 0.15) is 19.3 Å². The Morgan fingerprint density at radius 3 is 2.58 bits per heavy atom. The van der Waals surface area contributed by atoms with Crippen LogP contribution in [0.4, 0.5) is 17.1 Å². The first-order valence-corrected chi connectivity index (χ1v) is 12.2. The molecular formula is C24H26N4O7S. The minimum Gasteiger partial charge on any atom is -0.497 e. The van der Waals surface area contributed by atoms with Gasteiger partial charge in [0.25, 0.3) is 5.69 Å². The third-order valence-corrected chi connectivity index (χ3v) is 6.95. The van der Waals surface area contributed by atoms with E-state index in [1.54, 1.807) is 36.3 Å². The largest absolute Gasteiger partial charge is 0.497 e. The number of amides is 2. The predicted octanol–water partition coefficient (Wildman–Crippen LogP) is 3.75. The molecule has 2 aromatic rings. The van der Waals surface area contributed by atoms with Gasteiger partial charge < -0.3 is 19.5 Å². The molecule has 12 heteroatoms. The van der Waals surface area contributed by atoms with Gasteiger partial charge in [-0.1, -0.05) is 11.8 Å². The summed E-state index contributed by atoms with van der Waals surface area (Å²) in [5, 5.41) is 13.7. The van der Waals surface area contributed by atoms with Gasteiger partial charge in [0.1, 0.15) is 22.4 Å². The van der Waals surface area contributed by atoms with Crippen LogP contribution in [0.2, 0.25) is 0 Å². The highest BCUT2D eigenvalue weighted by molar-refractivity contribution is 8.15. The molecule has 0 aliphatic carbocycles. The highest BCUT2D eigenvalue weighted by atomic mass is 32.2. The summed E-state index contributed by atoms with van der Waals surface area (Å²) in [6.45, 7) is 1.00. The van der Waals surface area contributed by atoms with Gasteiger partial charge in [-0.25, -0.2) is 4.99 Å². The molecule has 0 aromatic heterocycles. The van der Waals surface area contributed by atoms with E-state index in [4.69, 9.17) is 14.2 Å². The molecule has 1 N–H and O–H groups in total. The van der Waals surface area contributed by atoms with Gasteiger partial charge in [-0.3, -0.25) is 24.6 Å². The van der Waals surface area contributed by atoms with Crippen molar-refractivity contribution in [1.29, 1.82) is 0 Å². The van der Waals surface area contributed by atoms with Crippen LogP contribution in [0.15, 0.2) is 47.5 Å². The maximum absolute atomic E-state index is 13.3. The normalized spacial score (nSPS) is 20.6. The molecule has 0 radical (unpaired) electrons. The van der Waals surface area contributed by atoms with Gasteiger partial charge in [0.2, 0.25) is 11.8 Å². The van der Waals surface area contributed by atoms with E-state index in [1.807, 2.05) is 0 Å². The Labute approximate surface area is 212 Å². The number of anilines is 1. The number of aliphatic imine (C=N–C) groups is 1. The second kappa shape index (κ2) is 11.4. The first kappa shape index (κ1) is 25.5. The maximum atomic E-state index is 13.3. The van der Waals surface area contributed by atoms with E-state index >= 15 is 0 Å². The number of carbonyl (C=O) groups excluding carboxylic acids is 2. The van der Waals surface area contributed by atoms with Crippen molar-refractivity contribution < 1.29 is 28.7 Å². The van der Waals surface area contributed by atoms with Crippen LogP contribution in [0.3, 0.4) is 0 Å². The Balaban J connectivity index is 1.51. The van der Waals surface area contributed by atoms with Crippen LogP contribution in [0.25, 0.3) is 0 Å². The lowest BCUT2D eigenvalue weighted by Gasteiger charge is -2.20. The quantitative estimate of drug-likeness (QED) is 0.395. The molecule has 2 saturated heterocycles. The molecule has 0 bridgehead atoms. The van der Waals surface area contributed by atoms with E-state index in [-0.39, 0.29) is 29.8 Å². The fourth-order valence-corrected chi connectivity index (χ4v) is 5.08.